The van der Waals surface area contributed by atoms with Crippen molar-refractivity contribution in [1.82, 2.24) is 10.0 Å². The van der Waals surface area contributed by atoms with Gasteiger partial charge in [-0.05, 0) is 78.9 Å². The Bertz CT molecular complexity index is 1990. The molecule has 2 aliphatic rings. The van der Waals surface area contributed by atoms with Gasteiger partial charge in [-0.3, -0.25) is 19.2 Å². The van der Waals surface area contributed by atoms with Crippen LogP contribution in [0.2, 0.25) is 10.0 Å². The smallest absolute Gasteiger partial charge is 0.277 e. The first-order valence-electron chi connectivity index (χ1n) is 15.8. The average molecular weight is 749 g/mol. The molecule has 3 atom stereocenters. The number of nitrogens with zero attached hydrogens (tertiary/aromatic N) is 1. The number of piperidine rings is 1. The first-order valence-corrected chi connectivity index (χ1v) is 18.4. The van der Waals surface area contributed by atoms with Gasteiger partial charge in [-0.1, -0.05) is 63.5 Å². The molecular formula is C36H40Cl2FN3O7S. The van der Waals surface area contributed by atoms with E-state index < -0.39 is 62.4 Å². The number of hydrogen-bond donors (Lipinski definition) is 2. The highest BCUT2D eigenvalue weighted by molar-refractivity contribution is 7.89. The lowest BCUT2D eigenvalue weighted by atomic mass is 9.58. The number of aryl methyl sites for hydroxylation is 1. The lowest BCUT2D eigenvalue weighted by molar-refractivity contribution is -0.137. The van der Waals surface area contributed by atoms with Crippen LogP contribution in [0, 0.1) is 12.7 Å². The molecule has 3 aromatic carbocycles. The molecule has 1 fully saturated rings. The molecule has 268 valence electrons. The molecule has 0 bridgehead atoms. The van der Waals surface area contributed by atoms with Crippen molar-refractivity contribution >= 4 is 62.5 Å². The van der Waals surface area contributed by atoms with Gasteiger partial charge in [-0.25, -0.2) is 22.4 Å². The minimum atomic E-state index is -3.97. The second-order valence-corrected chi connectivity index (χ2v) is 15.0. The maximum atomic E-state index is 15.2. The van der Waals surface area contributed by atoms with Crippen LogP contribution in [0.1, 0.15) is 88.1 Å². The van der Waals surface area contributed by atoms with Crippen molar-refractivity contribution in [1.29, 1.82) is 0 Å². The van der Waals surface area contributed by atoms with Crippen LogP contribution in [-0.2, 0) is 34.6 Å². The van der Waals surface area contributed by atoms with Crippen LogP contribution in [0.15, 0.2) is 54.6 Å². The number of nitrogens with one attached hydrogen (secondary N) is 2. The second kappa shape index (κ2) is 14.3. The van der Waals surface area contributed by atoms with Gasteiger partial charge in [0.1, 0.15) is 17.0 Å². The molecule has 2 N–H and O–H groups in total. The van der Waals surface area contributed by atoms with E-state index in [2.05, 4.69) is 5.32 Å². The normalized spacial score (nSPS) is 20.2. The monoisotopic (exact) mass is 747 g/mol. The van der Waals surface area contributed by atoms with Gasteiger partial charge in [-0.2, -0.15) is 0 Å². The summed E-state index contributed by atoms with van der Waals surface area (Å²) in [5, 5.41) is 3.41. The third-order valence-electron chi connectivity index (χ3n) is 9.49. The topological polar surface area (TPSA) is 139 Å². The number of carbonyl (C=O) groups is 4. The van der Waals surface area contributed by atoms with Gasteiger partial charge in [0.25, 0.3) is 5.91 Å². The first kappa shape index (κ1) is 38.8. The molecule has 14 heteroatoms. The highest BCUT2D eigenvalue weighted by Gasteiger charge is 2.65. The molecule has 5 rings (SSSR count). The highest BCUT2D eigenvalue weighted by Crippen LogP contribution is 2.61. The summed E-state index contributed by atoms with van der Waals surface area (Å²) in [4.78, 5) is 57.0. The SMILES string of the molecule is C.CCC(=O)N1C(=O)[C@]2(c3ccc(Cl)cc31)[C@@H](c1cc(F)ccc1C)NC(=O)C[C@H]2c1cc(Cl)ccc1OC(CC)(CC)C(=O)NS(C)(=O)=O. The number of halogens is 3. The second-order valence-electron chi connectivity index (χ2n) is 12.4. The van der Waals surface area contributed by atoms with Gasteiger partial charge in [0, 0.05) is 34.4 Å². The fourth-order valence-electron chi connectivity index (χ4n) is 7.07. The zero-order valence-electron chi connectivity index (χ0n) is 27.5. The maximum Gasteiger partial charge on any atom is 0.277 e. The molecule has 2 heterocycles. The first-order chi connectivity index (χ1) is 23.0. The zero-order valence-corrected chi connectivity index (χ0v) is 29.9. The van der Waals surface area contributed by atoms with Crippen molar-refractivity contribution in [2.75, 3.05) is 11.2 Å². The minimum absolute atomic E-state index is 0. The summed E-state index contributed by atoms with van der Waals surface area (Å²) in [6.45, 7) is 6.65. The Morgan fingerprint density at radius 1 is 1.02 bits per heavy atom. The molecular weight excluding hydrogens is 708 g/mol. The molecule has 50 heavy (non-hydrogen) atoms. The van der Waals surface area contributed by atoms with Crippen LogP contribution in [-0.4, -0.2) is 43.9 Å². The number of hydrogen-bond acceptors (Lipinski definition) is 7. The van der Waals surface area contributed by atoms with Gasteiger partial charge in [-0.15, -0.1) is 0 Å². The zero-order chi connectivity index (χ0) is 36.1. The minimum Gasteiger partial charge on any atom is -0.477 e. The quantitative estimate of drug-likeness (QED) is 0.250. The summed E-state index contributed by atoms with van der Waals surface area (Å²) in [7, 11) is -3.97. The van der Waals surface area contributed by atoms with Crippen molar-refractivity contribution in [2.24, 2.45) is 0 Å². The molecule has 0 aliphatic carbocycles. The van der Waals surface area contributed by atoms with E-state index in [0.717, 1.165) is 11.2 Å². The van der Waals surface area contributed by atoms with Crippen LogP contribution in [0.3, 0.4) is 0 Å². The van der Waals surface area contributed by atoms with Crippen LogP contribution < -0.4 is 19.7 Å². The summed E-state index contributed by atoms with van der Waals surface area (Å²) in [6.07, 6.45) is 0.613. The van der Waals surface area contributed by atoms with Crippen molar-refractivity contribution in [3.05, 3.63) is 92.7 Å². The number of amides is 4. The summed E-state index contributed by atoms with van der Waals surface area (Å²) >= 11 is 13.0. The van der Waals surface area contributed by atoms with Crippen molar-refractivity contribution < 1.29 is 36.7 Å². The van der Waals surface area contributed by atoms with E-state index in [1.807, 2.05) is 4.72 Å². The average Bonchev–Trinajstić information content (AvgIpc) is 3.28. The van der Waals surface area contributed by atoms with E-state index in [9.17, 15) is 27.2 Å². The fraction of sp³-hybridized carbons (Fsp3) is 0.389. The van der Waals surface area contributed by atoms with Gasteiger partial charge < -0.3 is 10.1 Å². The van der Waals surface area contributed by atoms with Crippen LogP contribution in [0.5, 0.6) is 5.75 Å². The van der Waals surface area contributed by atoms with Gasteiger partial charge in [0.05, 0.1) is 18.0 Å². The summed E-state index contributed by atoms with van der Waals surface area (Å²) < 4.78 is 47.6. The van der Waals surface area contributed by atoms with Crippen LogP contribution in [0.25, 0.3) is 0 Å². The molecule has 1 spiro atoms. The van der Waals surface area contributed by atoms with Crippen molar-refractivity contribution in [2.45, 2.75) is 83.8 Å². The summed E-state index contributed by atoms with van der Waals surface area (Å²) in [5.74, 6) is -4.22. The predicted molar refractivity (Wildman–Crippen MR) is 190 cm³/mol. The highest BCUT2D eigenvalue weighted by atomic mass is 35.5. The third-order valence-corrected chi connectivity index (χ3v) is 10.5. The standard InChI is InChI=1S/C35H36Cl2FN3O7S.CH4/c1-6-30(43)41-27-16-21(37)10-13-25(27)35(33(41)45)26(18-29(42)39-31(35)23-17-22(38)12-9-19(23)4)24-15-20(36)11-14-28(24)48-34(7-2,8-3)32(44)40-49(5,46)47;/h9-17,26,31H,6-8,18H2,1-5H3,(H,39,42)(H,40,44);1H4/t26-,31+,35-;/m0./s1. The Balaban J connectivity index is 0.00000562. The Hall–Kier alpha value is -4.00. The maximum absolute atomic E-state index is 15.2. The largest absolute Gasteiger partial charge is 0.477 e. The Kier molecular flexibility index (Phi) is 11.1. The van der Waals surface area contributed by atoms with E-state index in [0.29, 0.717) is 16.7 Å². The molecule has 0 radical (unpaired) electrons. The van der Waals surface area contributed by atoms with E-state index >= 15 is 4.79 Å². The number of rotatable bonds is 9. The summed E-state index contributed by atoms with van der Waals surface area (Å²) in [5.41, 5.74) is -1.75. The van der Waals surface area contributed by atoms with Gasteiger partial charge >= 0.3 is 0 Å². The van der Waals surface area contributed by atoms with E-state index in [-0.39, 0.29) is 60.2 Å². The molecule has 0 aromatic heterocycles. The summed E-state index contributed by atoms with van der Waals surface area (Å²) in [6, 6.07) is 12.1. The Labute approximate surface area is 301 Å². The van der Waals surface area contributed by atoms with Gasteiger partial charge in [0.15, 0.2) is 5.60 Å². The number of carbonyl (C=O) groups excluding carboxylic acids is 4. The Morgan fingerprint density at radius 3 is 2.28 bits per heavy atom. The lowest BCUT2D eigenvalue weighted by Gasteiger charge is -2.47. The molecule has 3 aromatic rings. The lowest BCUT2D eigenvalue weighted by Crippen LogP contribution is -2.59. The van der Waals surface area contributed by atoms with Crippen molar-refractivity contribution in [3.63, 3.8) is 0 Å². The molecule has 1 saturated heterocycles. The number of fused-ring (bicyclic) bond motifs is 2. The molecule has 2 aliphatic heterocycles. The number of benzene rings is 3. The number of sulfonamides is 1. The number of ether oxygens (including phenoxy) is 1. The Morgan fingerprint density at radius 2 is 1.66 bits per heavy atom. The van der Waals surface area contributed by atoms with E-state index in [1.54, 1.807) is 39.8 Å². The van der Waals surface area contributed by atoms with Crippen molar-refractivity contribution in [3.8, 4) is 5.75 Å². The fourth-order valence-corrected chi connectivity index (χ4v) is 7.94. The molecule has 10 nitrogen and oxygen atoms in total. The number of imide groups is 1. The van der Waals surface area contributed by atoms with Gasteiger partial charge in [0.2, 0.25) is 27.7 Å². The van der Waals surface area contributed by atoms with E-state index in [4.69, 9.17) is 27.9 Å². The van der Waals surface area contributed by atoms with Crippen LogP contribution >= 0.6 is 23.2 Å². The van der Waals surface area contributed by atoms with Crippen LogP contribution in [0.4, 0.5) is 10.1 Å². The molecule has 4 amide bonds. The van der Waals surface area contributed by atoms with E-state index in [1.165, 1.54) is 42.5 Å². The predicted octanol–water partition coefficient (Wildman–Crippen LogP) is 6.66. The molecule has 0 unspecified atom stereocenters. The molecule has 0 saturated carbocycles. The number of anilines is 1. The third kappa shape index (κ3) is 6.60.